The van der Waals surface area contributed by atoms with Crippen molar-refractivity contribution in [2.45, 2.75) is 33.6 Å². The van der Waals surface area contributed by atoms with Crippen LogP contribution in [0.1, 0.15) is 42.5 Å². The van der Waals surface area contributed by atoms with Crippen LogP contribution in [-0.2, 0) is 17.6 Å². The molecule has 1 aromatic rings. The summed E-state index contributed by atoms with van der Waals surface area (Å²) in [4.78, 5) is 14.3. The van der Waals surface area contributed by atoms with E-state index >= 15 is 0 Å². The topological polar surface area (TPSA) is 42.1 Å². The highest BCUT2D eigenvalue weighted by Crippen LogP contribution is 2.38. The number of halogens is 1. The minimum Gasteiger partial charge on any atom is -0.461 e. The third kappa shape index (κ3) is 1.72. The molecule has 2 rings (SSSR count). The number of aromatic nitrogens is 1. The summed E-state index contributed by atoms with van der Waals surface area (Å²) < 4.78 is 18.7. The van der Waals surface area contributed by atoms with E-state index in [2.05, 4.69) is 18.8 Å². The first-order valence-electron chi connectivity index (χ1n) is 5.51. The zero-order valence-corrected chi connectivity index (χ0v) is 9.82. The van der Waals surface area contributed by atoms with Gasteiger partial charge in [0.2, 0.25) is 0 Å². The van der Waals surface area contributed by atoms with Gasteiger partial charge in [0.05, 0.1) is 6.61 Å². The molecular formula is C12H16FNO2. The maximum atomic E-state index is 13.9. The molecule has 3 nitrogen and oxygen atoms in total. The molecule has 0 fully saturated rings. The zero-order chi connectivity index (χ0) is 11.9. The predicted molar refractivity (Wildman–Crippen MR) is 57.9 cm³/mol. The molecule has 1 aliphatic rings. The third-order valence-corrected chi connectivity index (χ3v) is 2.91. The highest BCUT2D eigenvalue weighted by Gasteiger charge is 2.35. The van der Waals surface area contributed by atoms with Crippen molar-refractivity contribution in [2.75, 3.05) is 6.61 Å². The van der Waals surface area contributed by atoms with Crippen molar-refractivity contribution in [2.24, 2.45) is 5.41 Å². The van der Waals surface area contributed by atoms with Gasteiger partial charge in [0.15, 0.2) is 11.5 Å². The molecule has 0 unspecified atom stereocenters. The van der Waals surface area contributed by atoms with E-state index in [1.165, 1.54) is 0 Å². The van der Waals surface area contributed by atoms with Gasteiger partial charge in [-0.05, 0) is 25.2 Å². The van der Waals surface area contributed by atoms with E-state index in [1.807, 2.05) is 0 Å². The van der Waals surface area contributed by atoms with Gasteiger partial charge in [0.1, 0.15) is 0 Å². The van der Waals surface area contributed by atoms with Gasteiger partial charge < -0.3 is 9.72 Å². The van der Waals surface area contributed by atoms with Crippen LogP contribution in [0.2, 0.25) is 0 Å². The first kappa shape index (κ1) is 11.2. The summed E-state index contributed by atoms with van der Waals surface area (Å²) in [6.45, 7) is 6.14. The molecule has 16 heavy (non-hydrogen) atoms. The fourth-order valence-corrected chi connectivity index (χ4v) is 2.26. The zero-order valence-electron chi connectivity index (χ0n) is 9.82. The molecule has 0 saturated carbocycles. The van der Waals surface area contributed by atoms with E-state index in [-0.39, 0.29) is 17.7 Å². The van der Waals surface area contributed by atoms with E-state index < -0.39 is 11.8 Å². The molecular weight excluding hydrogens is 209 g/mol. The Hall–Kier alpha value is -1.32. The van der Waals surface area contributed by atoms with Crippen molar-refractivity contribution in [1.82, 2.24) is 4.98 Å². The molecule has 0 aromatic carbocycles. The molecule has 0 bridgehead atoms. The lowest BCUT2D eigenvalue weighted by atomic mass is 9.90. The Morgan fingerprint density at radius 1 is 1.50 bits per heavy atom. The molecule has 0 radical (unpaired) electrons. The van der Waals surface area contributed by atoms with Crippen LogP contribution < -0.4 is 0 Å². The predicted octanol–water partition coefficient (Wildman–Crippen LogP) is 2.46. The second kappa shape index (κ2) is 3.61. The fraction of sp³-hybridized carbons (Fsp3) is 0.583. The molecule has 1 heterocycles. The van der Waals surface area contributed by atoms with Gasteiger partial charge >= 0.3 is 5.97 Å². The minimum absolute atomic E-state index is 0.0256. The second-order valence-corrected chi connectivity index (χ2v) is 5.01. The second-order valence-electron chi connectivity index (χ2n) is 5.01. The monoisotopic (exact) mass is 225 g/mol. The summed E-state index contributed by atoms with van der Waals surface area (Å²) in [7, 11) is 0. The Balaban J connectivity index is 2.31. The van der Waals surface area contributed by atoms with Gasteiger partial charge in [-0.3, -0.25) is 0 Å². The first-order chi connectivity index (χ1) is 7.44. The Morgan fingerprint density at radius 3 is 2.75 bits per heavy atom. The average molecular weight is 225 g/mol. The summed E-state index contributed by atoms with van der Waals surface area (Å²) in [6.07, 6.45) is 1.45. The highest BCUT2D eigenvalue weighted by atomic mass is 19.1. The maximum absolute atomic E-state index is 13.9. The number of nitrogens with one attached hydrogen (secondary N) is 1. The summed E-state index contributed by atoms with van der Waals surface area (Å²) >= 11 is 0. The van der Waals surface area contributed by atoms with Crippen molar-refractivity contribution in [3.05, 3.63) is 22.8 Å². The maximum Gasteiger partial charge on any atom is 0.357 e. The minimum atomic E-state index is -0.604. The number of H-pyrrole nitrogens is 1. The standard InChI is InChI=1S/C12H16FNO2/c1-4-16-11(15)10-9(13)7-5-12(2,3)6-8(7)14-10/h14H,4-6H2,1-3H3. The van der Waals surface area contributed by atoms with E-state index in [1.54, 1.807) is 6.92 Å². The summed E-state index contributed by atoms with van der Waals surface area (Å²) in [5, 5.41) is 0. The summed E-state index contributed by atoms with van der Waals surface area (Å²) in [5.41, 5.74) is 1.54. The van der Waals surface area contributed by atoms with Gasteiger partial charge in [-0.15, -0.1) is 0 Å². The van der Waals surface area contributed by atoms with E-state index in [0.29, 0.717) is 12.0 Å². The third-order valence-electron chi connectivity index (χ3n) is 2.91. The van der Waals surface area contributed by atoms with Crippen LogP contribution in [-0.4, -0.2) is 17.6 Å². The number of carbonyl (C=O) groups is 1. The SMILES string of the molecule is CCOC(=O)c1[nH]c2c(c1F)CC(C)(C)C2. The molecule has 4 heteroatoms. The highest BCUT2D eigenvalue weighted by molar-refractivity contribution is 5.88. The summed E-state index contributed by atoms with van der Waals surface area (Å²) in [5.74, 6) is -1.04. The van der Waals surface area contributed by atoms with Gasteiger partial charge in [-0.2, -0.15) is 0 Å². The van der Waals surface area contributed by atoms with Gasteiger partial charge in [-0.1, -0.05) is 13.8 Å². The van der Waals surface area contributed by atoms with Crippen LogP contribution in [0.5, 0.6) is 0 Å². The molecule has 88 valence electrons. The lowest BCUT2D eigenvalue weighted by Crippen LogP contribution is -2.13. The number of ether oxygens (including phenoxy) is 1. The molecule has 0 aliphatic heterocycles. The van der Waals surface area contributed by atoms with E-state index in [0.717, 1.165) is 12.1 Å². The van der Waals surface area contributed by atoms with Crippen LogP contribution >= 0.6 is 0 Å². The van der Waals surface area contributed by atoms with E-state index in [9.17, 15) is 9.18 Å². The van der Waals surface area contributed by atoms with Gasteiger partial charge in [0.25, 0.3) is 0 Å². The van der Waals surface area contributed by atoms with Crippen LogP contribution in [0.15, 0.2) is 0 Å². The van der Waals surface area contributed by atoms with E-state index in [4.69, 9.17) is 4.74 Å². The number of esters is 1. The van der Waals surface area contributed by atoms with Crippen LogP contribution in [0.4, 0.5) is 4.39 Å². The summed E-state index contributed by atoms with van der Waals surface area (Å²) in [6, 6.07) is 0. The largest absolute Gasteiger partial charge is 0.461 e. The van der Waals surface area contributed by atoms with Crippen LogP contribution in [0.25, 0.3) is 0 Å². The van der Waals surface area contributed by atoms with Crippen molar-refractivity contribution in [3.63, 3.8) is 0 Å². The molecule has 1 N–H and O–H groups in total. The number of hydrogen-bond donors (Lipinski definition) is 1. The Kier molecular flexibility index (Phi) is 2.52. The lowest BCUT2D eigenvalue weighted by molar-refractivity contribution is 0.0514. The molecule has 0 spiro atoms. The normalized spacial score (nSPS) is 17.2. The molecule has 0 amide bonds. The van der Waals surface area contributed by atoms with Crippen molar-refractivity contribution >= 4 is 5.97 Å². The average Bonchev–Trinajstić information content (AvgIpc) is 2.62. The van der Waals surface area contributed by atoms with Crippen molar-refractivity contribution in [1.29, 1.82) is 0 Å². The number of hydrogen-bond acceptors (Lipinski definition) is 2. The van der Waals surface area contributed by atoms with Crippen molar-refractivity contribution < 1.29 is 13.9 Å². The Morgan fingerprint density at radius 2 is 2.19 bits per heavy atom. The fourth-order valence-electron chi connectivity index (χ4n) is 2.26. The number of carbonyl (C=O) groups excluding carboxylic acids is 1. The lowest BCUT2D eigenvalue weighted by Gasteiger charge is -2.15. The first-order valence-corrected chi connectivity index (χ1v) is 5.51. The van der Waals surface area contributed by atoms with Crippen LogP contribution in [0, 0.1) is 11.2 Å². The number of aromatic amines is 1. The Labute approximate surface area is 94.0 Å². The molecule has 0 saturated heterocycles. The van der Waals surface area contributed by atoms with Crippen molar-refractivity contribution in [3.8, 4) is 0 Å². The van der Waals surface area contributed by atoms with Gasteiger partial charge in [0, 0.05) is 11.3 Å². The molecule has 0 atom stereocenters. The number of rotatable bonds is 2. The Bertz CT molecular complexity index is 434. The quantitative estimate of drug-likeness (QED) is 0.785. The van der Waals surface area contributed by atoms with Gasteiger partial charge in [-0.25, -0.2) is 9.18 Å². The molecule has 1 aliphatic carbocycles. The smallest absolute Gasteiger partial charge is 0.357 e. The molecule has 1 aromatic heterocycles. The van der Waals surface area contributed by atoms with Crippen LogP contribution in [0.3, 0.4) is 0 Å². The number of fused-ring (bicyclic) bond motifs is 1.